The van der Waals surface area contributed by atoms with Crippen molar-refractivity contribution in [1.82, 2.24) is 15.1 Å². The third kappa shape index (κ3) is 5.58. The number of amides is 1. The van der Waals surface area contributed by atoms with E-state index in [-0.39, 0.29) is 36.4 Å². The smallest absolute Gasteiger partial charge is 0.242 e. The Balaban J connectivity index is 0.00000261. The Labute approximate surface area is 186 Å². The summed E-state index contributed by atoms with van der Waals surface area (Å²) in [6.45, 7) is 2.34. The monoisotopic (exact) mass is 518 g/mol. The van der Waals surface area contributed by atoms with E-state index in [4.69, 9.17) is 11.6 Å². The summed E-state index contributed by atoms with van der Waals surface area (Å²) in [4.78, 5) is 22.1. The van der Waals surface area contributed by atoms with E-state index in [1.165, 1.54) is 10.4 Å². The van der Waals surface area contributed by atoms with Gasteiger partial charge in [-0.05, 0) is 35.1 Å². The summed E-state index contributed by atoms with van der Waals surface area (Å²) < 4.78 is 0. The summed E-state index contributed by atoms with van der Waals surface area (Å²) in [7, 11) is 3.65. The van der Waals surface area contributed by atoms with E-state index in [1.807, 2.05) is 41.1 Å². The molecule has 1 aliphatic rings. The molecule has 0 saturated heterocycles. The van der Waals surface area contributed by atoms with Gasteiger partial charge in [-0.3, -0.25) is 9.79 Å². The fourth-order valence-corrected chi connectivity index (χ4v) is 4.15. The first-order valence-electron chi connectivity index (χ1n) is 8.56. The van der Waals surface area contributed by atoms with Gasteiger partial charge in [0.15, 0.2) is 5.96 Å². The van der Waals surface area contributed by atoms with Crippen LogP contribution in [0.1, 0.15) is 16.0 Å². The lowest BCUT2D eigenvalue weighted by Gasteiger charge is -2.28. The van der Waals surface area contributed by atoms with Crippen LogP contribution in [0.4, 0.5) is 0 Å². The second kappa shape index (κ2) is 10.3. The normalized spacial score (nSPS) is 13.6. The number of guanidine groups is 1. The minimum Gasteiger partial charge on any atom is -0.347 e. The number of halogens is 2. The molecule has 146 valence electrons. The summed E-state index contributed by atoms with van der Waals surface area (Å²) >= 11 is 8.01. The van der Waals surface area contributed by atoms with E-state index in [2.05, 4.69) is 21.8 Å². The predicted molar refractivity (Wildman–Crippen MR) is 123 cm³/mol. The SMILES string of the molecule is CN=C(NCC(=O)N1CCc2sccc2C1)N(C)Cc1ccccc1Cl.I. The van der Waals surface area contributed by atoms with Gasteiger partial charge in [0.2, 0.25) is 5.91 Å². The van der Waals surface area contributed by atoms with Gasteiger partial charge in [0.1, 0.15) is 0 Å². The van der Waals surface area contributed by atoms with Crippen molar-refractivity contribution in [3.05, 3.63) is 56.7 Å². The van der Waals surface area contributed by atoms with Gasteiger partial charge in [-0.1, -0.05) is 29.8 Å². The number of nitrogens with zero attached hydrogens (tertiary/aromatic N) is 3. The molecule has 3 rings (SSSR count). The lowest BCUT2D eigenvalue weighted by molar-refractivity contribution is -0.130. The van der Waals surface area contributed by atoms with E-state index in [0.717, 1.165) is 23.6 Å². The van der Waals surface area contributed by atoms with Crippen LogP contribution in [0.25, 0.3) is 0 Å². The summed E-state index contributed by atoms with van der Waals surface area (Å²) in [6.07, 6.45) is 0.944. The molecule has 1 aliphatic heterocycles. The Morgan fingerprint density at radius 2 is 2.15 bits per heavy atom. The Bertz CT molecular complexity index is 811. The molecule has 2 aromatic rings. The molecule has 0 saturated carbocycles. The first-order chi connectivity index (χ1) is 12.6. The second-order valence-electron chi connectivity index (χ2n) is 6.28. The zero-order valence-electron chi connectivity index (χ0n) is 15.4. The van der Waals surface area contributed by atoms with Crippen molar-refractivity contribution in [2.75, 3.05) is 27.2 Å². The van der Waals surface area contributed by atoms with Gasteiger partial charge in [0.25, 0.3) is 0 Å². The van der Waals surface area contributed by atoms with Crippen LogP contribution in [0.2, 0.25) is 5.02 Å². The molecule has 8 heteroatoms. The van der Waals surface area contributed by atoms with Gasteiger partial charge in [0, 0.05) is 43.6 Å². The van der Waals surface area contributed by atoms with Crippen LogP contribution in [0.5, 0.6) is 0 Å². The molecular weight excluding hydrogens is 495 g/mol. The molecule has 0 fully saturated rings. The third-order valence-corrected chi connectivity index (χ3v) is 5.89. The van der Waals surface area contributed by atoms with E-state index in [1.54, 1.807) is 18.4 Å². The highest BCUT2D eigenvalue weighted by Gasteiger charge is 2.21. The van der Waals surface area contributed by atoms with Crippen LogP contribution in [0, 0.1) is 0 Å². The Kier molecular flexibility index (Phi) is 8.37. The van der Waals surface area contributed by atoms with Crippen molar-refractivity contribution in [2.24, 2.45) is 4.99 Å². The Hall–Kier alpha value is -1.32. The number of aliphatic imine (C=N–C) groups is 1. The maximum absolute atomic E-state index is 12.6. The molecule has 0 unspecified atom stereocenters. The van der Waals surface area contributed by atoms with Gasteiger partial charge in [0.05, 0.1) is 6.54 Å². The van der Waals surface area contributed by atoms with Gasteiger partial charge in [-0.15, -0.1) is 35.3 Å². The van der Waals surface area contributed by atoms with Gasteiger partial charge in [-0.2, -0.15) is 0 Å². The van der Waals surface area contributed by atoms with Crippen molar-refractivity contribution < 1.29 is 4.79 Å². The van der Waals surface area contributed by atoms with Gasteiger partial charge in [-0.25, -0.2) is 0 Å². The number of rotatable bonds is 4. The largest absolute Gasteiger partial charge is 0.347 e. The molecule has 5 nitrogen and oxygen atoms in total. The molecule has 27 heavy (non-hydrogen) atoms. The standard InChI is InChI=1S/C19H23ClN4OS.HI/c1-21-19(23(2)12-14-5-3-4-6-16(14)20)22-11-18(25)24-9-7-17-15(13-24)8-10-26-17;/h3-6,8,10H,7,9,11-13H2,1-2H3,(H,21,22);1H. The van der Waals surface area contributed by atoms with Crippen molar-refractivity contribution in [3.8, 4) is 0 Å². The summed E-state index contributed by atoms with van der Waals surface area (Å²) in [5.74, 6) is 0.764. The zero-order chi connectivity index (χ0) is 18.5. The van der Waals surface area contributed by atoms with Gasteiger partial charge < -0.3 is 15.1 Å². The topological polar surface area (TPSA) is 47.9 Å². The number of thiophene rings is 1. The average molecular weight is 519 g/mol. The van der Waals surface area contributed by atoms with Crippen molar-refractivity contribution in [3.63, 3.8) is 0 Å². The average Bonchev–Trinajstić information content (AvgIpc) is 3.11. The molecule has 0 spiro atoms. The summed E-state index contributed by atoms with van der Waals surface area (Å²) in [5, 5.41) is 6.00. The zero-order valence-corrected chi connectivity index (χ0v) is 19.3. The maximum atomic E-state index is 12.6. The van der Waals surface area contributed by atoms with Crippen molar-refractivity contribution in [1.29, 1.82) is 0 Å². The molecule has 2 heterocycles. The summed E-state index contributed by atoms with van der Waals surface area (Å²) in [6, 6.07) is 9.85. The second-order valence-corrected chi connectivity index (χ2v) is 7.69. The number of hydrogen-bond donors (Lipinski definition) is 1. The Morgan fingerprint density at radius 3 is 2.89 bits per heavy atom. The van der Waals surface area contributed by atoms with Crippen molar-refractivity contribution in [2.45, 2.75) is 19.5 Å². The molecule has 1 aromatic carbocycles. The molecule has 1 amide bonds. The molecule has 1 aromatic heterocycles. The minimum absolute atomic E-state index is 0. The number of carbonyl (C=O) groups excluding carboxylic acids is 1. The van der Waals surface area contributed by atoms with Crippen LogP contribution in [0.3, 0.4) is 0 Å². The third-order valence-electron chi connectivity index (χ3n) is 4.50. The molecule has 0 atom stereocenters. The Morgan fingerprint density at radius 1 is 1.37 bits per heavy atom. The molecule has 1 N–H and O–H groups in total. The van der Waals surface area contributed by atoms with E-state index in [0.29, 0.717) is 19.0 Å². The predicted octanol–water partition coefficient (Wildman–Crippen LogP) is 3.61. The number of fused-ring (bicyclic) bond motifs is 1. The summed E-state index contributed by atoms with van der Waals surface area (Å²) in [5.41, 5.74) is 2.29. The number of hydrogen-bond acceptors (Lipinski definition) is 3. The van der Waals surface area contributed by atoms with Crippen LogP contribution < -0.4 is 5.32 Å². The van der Waals surface area contributed by atoms with E-state index >= 15 is 0 Å². The number of nitrogens with one attached hydrogen (secondary N) is 1. The first-order valence-corrected chi connectivity index (χ1v) is 9.82. The van der Waals surface area contributed by atoms with E-state index in [9.17, 15) is 4.79 Å². The number of benzene rings is 1. The lowest BCUT2D eigenvalue weighted by Crippen LogP contribution is -2.46. The highest BCUT2D eigenvalue weighted by molar-refractivity contribution is 14.0. The van der Waals surface area contributed by atoms with Crippen LogP contribution in [-0.2, 0) is 24.3 Å². The highest BCUT2D eigenvalue weighted by Crippen LogP contribution is 2.23. The maximum Gasteiger partial charge on any atom is 0.242 e. The van der Waals surface area contributed by atoms with Crippen LogP contribution in [0.15, 0.2) is 40.7 Å². The molecule has 0 bridgehead atoms. The highest BCUT2D eigenvalue weighted by atomic mass is 127. The molecular formula is C19H24ClIN4OS. The lowest BCUT2D eigenvalue weighted by atomic mass is 10.1. The van der Waals surface area contributed by atoms with Crippen LogP contribution in [-0.4, -0.2) is 48.9 Å². The number of carbonyl (C=O) groups is 1. The quantitative estimate of drug-likeness (QED) is 0.382. The first kappa shape index (κ1) is 22.0. The van der Waals surface area contributed by atoms with Crippen LogP contribution >= 0.6 is 46.9 Å². The minimum atomic E-state index is 0. The fourth-order valence-electron chi connectivity index (χ4n) is 3.07. The van der Waals surface area contributed by atoms with E-state index < -0.39 is 0 Å². The molecule has 0 radical (unpaired) electrons. The van der Waals surface area contributed by atoms with Gasteiger partial charge >= 0.3 is 0 Å². The molecule has 0 aliphatic carbocycles. The fraction of sp³-hybridized carbons (Fsp3) is 0.368. The van der Waals surface area contributed by atoms with Crippen molar-refractivity contribution >= 4 is 58.8 Å².